The normalized spacial score (nSPS) is 12.2. The van der Waals surface area contributed by atoms with Gasteiger partial charge in [-0.25, -0.2) is 9.78 Å². The molecule has 0 fully saturated rings. The van der Waals surface area contributed by atoms with E-state index in [1.54, 1.807) is 11.3 Å². The van der Waals surface area contributed by atoms with Crippen LogP contribution < -0.4 is 20.1 Å². The SMILES string of the molecule is Cc1csc(CNC(=O)NCCc2ccc3c(c2)OCO3)n1. The fourth-order valence-electron chi connectivity index (χ4n) is 2.12. The van der Waals surface area contributed by atoms with Gasteiger partial charge in [0.1, 0.15) is 5.01 Å². The van der Waals surface area contributed by atoms with Crippen molar-refractivity contribution < 1.29 is 14.3 Å². The third-order valence-corrected chi connectivity index (χ3v) is 4.17. The number of nitrogens with zero attached hydrogens (tertiary/aromatic N) is 1. The molecular weight excluding hydrogens is 302 g/mol. The van der Waals surface area contributed by atoms with Crippen molar-refractivity contribution in [3.05, 3.63) is 39.8 Å². The number of ether oxygens (including phenoxy) is 2. The van der Waals surface area contributed by atoms with E-state index in [0.717, 1.165) is 34.2 Å². The molecule has 2 amide bonds. The van der Waals surface area contributed by atoms with Crippen LogP contribution >= 0.6 is 11.3 Å². The van der Waals surface area contributed by atoms with Gasteiger partial charge in [-0.15, -0.1) is 11.3 Å². The maximum absolute atomic E-state index is 11.7. The molecular formula is C15H17N3O3S. The van der Waals surface area contributed by atoms with Crippen molar-refractivity contribution in [2.75, 3.05) is 13.3 Å². The molecule has 0 atom stereocenters. The van der Waals surface area contributed by atoms with Crippen molar-refractivity contribution >= 4 is 17.4 Å². The predicted molar refractivity (Wildman–Crippen MR) is 83.4 cm³/mol. The van der Waals surface area contributed by atoms with E-state index < -0.39 is 0 Å². The van der Waals surface area contributed by atoms with Gasteiger partial charge in [0, 0.05) is 17.6 Å². The van der Waals surface area contributed by atoms with Gasteiger partial charge in [-0.2, -0.15) is 0 Å². The highest BCUT2D eigenvalue weighted by molar-refractivity contribution is 7.09. The van der Waals surface area contributed by atoms with Crippen molar-refractivity contribution in [1.29, 1.82) is 0 Å². The summed E-state index contributed by atoms with van der Waals surface area (Å²) in [5.41, 5.74) is 2.07. The van der Waals surface area contributed by atoms with Crippen LogP contribution in [0.1, 0.15) is 16.3 Å². The smallest absolute Gasteiger partial charge is 0.315 e. The van der Waals surface area contributed by atoms with Crippen molar-refractivity contribution in [3.63, 3.8) is 0 Å². The zero-order valence-corrected chi connectivity index (χ0v) is 13.0. The molecule has 2 aromatic rings. The lowest BCUT2D eigenvalue weighted by Gasteiger charge is -2.07. The number of fused-ring (bicyclic) bond motifs is 1. The number of carbonyl (C=O) groups is 1. The number of thiazole rings is 1. The molecule has 7 heteroatoms. The summed E-state index contributed by atoms with van der Waals surface area (Å²) < 4.78 is 10.6. The molecule has 0 bridgehead atoms. The van der Waals surface area contributed by atoms with Crippen LogP contribution in [-0.2, 0) is 13.0 Å². The lowest BCUT2D eigenvalue weighted by Crippen LogP contribution is -2.36. The Morgan fingerprint density at radius 1 is 1.32 bits per heavy atom. The van der Waals surface area contributed by atoms with E-state index in [2.05, 4.69) is 15.6 Å². The fraction of sp³-hybridized carbons (Fsp3) is 0.333. The highest BCUT2D eigenvalue weighted by Gasteiger charge is 2.13. The molecule has 0 aliphatic carbocycles. The minimum Gasteiger partial charge on any atom is -0.454 e. The molecule has 1 aliphatic rings. The molecule has 2 N–H and O–H groups in total. The van der Waals surface area contributed by atoms with E-state index in [1.165, 1.54) is 0 Å². The van der Waals surface area contributed by atoms with Gasteiger partial charge in [-0.05, 0) is 31.0 Å². The number of hydrogen-bond acceptors (Lipinski definition) is 5. The zero-order chi connectivity index (χ0) is 15.4. The highest BCUT2D eigenvalue weighted by Crippen LogP contribution is 2.32. The maximum atomic E-state index is 11.7. The summed E-state index contributed by atoms with van der Waals surface area (Å²) in [5.74, 6) is 1.54. The van der Waals surface area contributed by atoms with Crippen LogP contribution in [0.4, 0.5) is 4.79 Å². The van der Waals surface area contributed by atoms with E-state index in [1.807, 2.05) is 30.5 Å². The van der Waals surface area contributed by atoms with Gasteiger partial charge >= 0.3 is 6.03 Å². The second-order valence-corrected chi connectivity index (χ2v) is 5.87. The monoisotopic (exact) mass is 319 g/mol. The Kier molecular flexibility index (Phi) is 4.43. The van der Waals surface area contributed by atoms with Crippen LogP contribution in [0.25, 0.3) is 0 Å². The van der Waals surface area contributed by atoms with Crippen LogP contribution in [0, 0.1) is 6.92 Å². The number of hydrogen-bond donors (Lipinski definition) is 2. The van der Waals surface area contributed by atoms with Gasteiger partial charge in [0.15, 0.2) is 11.5 Å². The molecule has 1 aliphatic heterocycles. The zero-order valence-electron chi connectivity index (χ0n) is 12.2. The van der Waals surface area contributed by atoms with Crippen LogP contribution in [-0.4, -0.2) is 24.4 Å². The molecule has 1 aromatic carbocycles. The number of carbonyl (C=O) groups excluding carboxylic acids is 1. The average molecular weight is 319 g/mol. The van der Waals surface area contributed by atoms with Gasteiger partial charge in [-0.1, -0.05) is 6.07 Å². The first kappa shape index (κ1) is 14.6. The van der Waals surface area contributed by atoms with Gasteiger partial charge in [-0.3, -0.25) is 0 Å². The number of aryl methyl sites for hydroxylation is 1. The highest BCUT2D eigenvalue weighted by atomic mass is 32.1. The number of rotatable bonds is 5. The Labute approximate surface area is 132 Å². The topological polar surface area (TPSA) is 72.5 Å². The van der Waals surface area contributed by atoms with E-state index in [4.69, 9.17) is 9.47 Å². The molecule has 0 unspecified atom stereocenters. The quantitative estimate of drug-likeness (QED) is 0.886. The molecule has 3 rings (SSSR count). The van der Waals surface area contributed by atoms with Crippen molar-refractivity contribution in [2.45, 2.75) is 19.9 Å². The second-order valence-electron chi connectivity index (χ2n) is 4.93. The van der Waals surface area contributed by atoms with Gasteiger partial charge in [0.2, 0.25) is 6.79 Å². The first-order chi connectivity index (χ1) is 10.7. The molecule has 0 saturated carbocycles. The lowest BCUT2D eigenvalue weighted by atomic mass is 10.1. The molecule has 6 nitrogen and oxygen atoms in total. The fourth-order valence-corrected chi connectivity index (χ4v) is 2.83. The molecule has 0 spiro atoms. The largest absolute Gasteiger partial charge is 0.454 e. The maximum Gasteiger partial charge on any atom is 0.315 e. The van der Waals surface area contributed by atoms with E-state index in [0.29, 0.717) is 13.1 Å². The van der Waals surface area contributed by atoms with Crippen LogP contribution in [0.2, 0.25) is 0 Å². The summed E-state index contributed by atoms with van der Waals surface area (Å²) in [6.07, 6.45) is 0.737. The second kappa shape index (κ2) is 6.65. The minimum atomic E-state index is -0.186. The lowest BCUT2D eigenvalue weighted by molar-refractivity contribution is 0.174. The number of amides is 2. The standard InChI is InChI=1S/C15H17N3O3S/c1-10-8-22-14(18-10)7-17-15(19)16-5-4-11-2-3-12-13(6-11)21-9-20-12/h2-3,6,8H,4-5,7,9H2,1H3,(H2,16,17,19). The average Bonchev–Trinajstić information content (AvgIpc) is 3.13. The van der Waals surface area contributed by atoms with E-state index in [9.17, 15) is 4.79 Å². The third kappa shape index (κ3) is 3.67. The van der Waals surface area contributed by atoms with Crippen molar-refractivity contribution in [1.82, 2.24) is 15.6 Å². The van der Waals surface area contributed by atoms with Crippen LogP contribution in [0.15, 0.2) is 23.6 Å². The molecule has 1 aromatic heterocycles. The van der Waals surface area contributed by atoms with Crippen LogP contribution in [0.3, 0.4) is 0 Å². The number of urea groups is 1. The first-order valence-corrected chi connectivity index (χ1v) is 7.90. The van der Waals surface area contributed by atoms with E-state index in [-0.39, 0.29) is 12.8 Å². The summed E-state index contributed by atoms with van der Waals surface area (Å²) in [4.78, 5) is 16.0. The molecule has 2 heterocycles. The third-order valence-electron chi connectivity index (χ3n) is 3.20. The van der Waals surface area contributed by atoms with Crippen molar-refractivity contribution in [3.8, 4) is 11.5 Å². The molecule has 22 heavy (non-hydrogen) atoms. The Balaban J connectivity index is 1.40. The summed E-state index contributed by atoms with van der Waals surface area (Å²) in [7, 11) is 0. The predicted octanol–water partition coefficient (Wildman–Crippen LogP) is 2.22. The summed E-state index contributed by atoms with van der Waals surface area (Å²) >= 11 is 1.54. The van der Waals surface area contributed by atoms with Gasteiger partial charge in [0.05, 0.1) is 6.54 Å². The Morgan fingerprint density at radius 2 is 2.18 bits per heavy atom. The van der Waals surface area contributed by atoms with Gasteiger partial charge < -0.3 is 20.1 Å². The Morgan fingerprint density at radius 3 is 3.00 bits per heavy atom. The molecule has 0 radical (unpaired) electrons. The molecule has 0 saturated heterocycles. The first-order valence-electron chi connectivity index (χ1n) is 7.02. The Hall–Kier alpha value is -2.28. The van der Waals surface area contributed by atoms with Gasteiger partial charge in [0.25, 0.3) is 0 Å². The summed E-state index contributed by atoms with van der Waals surface area (Å²) in [6, 6.07) is 5.63. The summed E-state index contributed by atoms with van der Waals surface area (Å²) in [6.45, 7) is 3.22. The number of nitrogens with one attached hydrogen (secondary N) is 2. The van der Waals surface area contributed by atoms with Crippen LogP contribution in [0.5, 0.6) is 11.5 Å². The minimum absolute atomic E-state index is 0.186. The number of aromatic nitrogens is 1. The number of benzene rings is 1. The Bertz CT molecular complexity index is 672. The van der Waals surface area contributed by atoms with Crippen molar-refractivity contribution in [2.24, 2.45) is 0 Å². The summed E-state index contributed by atoms with van der Waals surface area (Å²) in [5, 5.41) is 8.50. The molecule has 116 valence electrons. The van der Waals surface area contributed by atoms with E-state index >= 15 is 0 Å².